The van der Waals surface area contributed by atoms with Gasteiger partial charge in [0.2, 0.25) is 5.91 Å². The summed E-state index contributed by atoms with van der Waals surface area (Å²) >= 11 is 1.10. The van der Waals surface area contributed by atoms with E-state index in [1.807, 2.05) is 20.8 Å². The molecule has 20 heavy (non-hydrogen) atoms. The number of hydrogen-bond donors (Lipinski definition) is 4. The lowest BCUT2D eigenvalue weighted by molar-refractivity contribution is -0.121. The summed E-state index contributed by atoms with van der Waals surface area (Å²) in [6.07, 6.45) is 0. The fraction of sp³-hybridized carbons (Fsp3) is 0.417. The first kappa shape index (κ1) is 16.0. The Labute approximate surface area is 120 Å². The van der Waals surface area contributed by atoms with Gasteiger partial charge in [0.05, 0.1) is 12.1 Å². The Bertz CT molecular complexity index is 519. The predicted molar refractivity (Wildman–Crippen MR) is 76.2 cm³/mol. The number of rotatable bonds is 4. The van der Waals surface area contributed by atoms with Crippen molar-refractivity contribution in [2.45, 2.75) is 26.3 Å². The fourth-order valence-electron chi connectivity index (χ4n) is 1.34. The average molecular weight is 299 g/mol. The second-order valence-electron chi connectivity index (χ2n) is 5.07. The van der Waals surface area contributed by atoms with Gasteiger partial charge in [-0.3, -0.25) is 10.1 Å². The Morgan fingerprint density at radius 1 is 1.30 bits per heavy atom. The summed E-state index contributed by atoms with van der Waals surface area (Å²) in [4.78, 5) is 33.9. The summed E-state index contributed by atoms with van der Waals surface area (Å²) in [6.45, 7) is 5.30. The van der Waals surface area contributed by atoms with E-state index >= 15 is 0 Å². The summed E-state index contributed by atoms with van der Waals surface area (Å²) in [7, 11) is 0. The Morgan fingerprint density at radius 2 is 1.95 bits per heavy atom. The molecule has 0 saturated heterocycles. The number of hydrogen-bond acceptors (Lipinski definition) is 4. The fourth-order valence-corrected chi connectivity index (χ4v) is 2.12. The van der Waals surface area contributed by atoms with Gasteiger partial charge < -0.3 is 15.7 Å². The van der Waals surface area contributed by atoms with Gasteiger partial charge in [-0.15, -0.1) is 11.3 Å². The highest BCUT2D eigenvalue weighted by Gasteiger charge is 2.16. The molecule has 3 amide bonds. The lowest BCUT2D eigenvalue weighted by Crippen LogP contribution is -2.46. The van der Waals surface area contributed by atoms with E-state index in [4.69, 9.17) is 5.11 Å². The zero-order chi connectivity index (χ0) is 15.3. The van der Waals surface area contributed by atoms with E-state index in [0.717, 1.165) is 11.3 Å². The standard InChI is InChI=1S/C12H17N3O4S/c1-12(2,3)15-8(16)6-13-11(19)14-9-7(10(17)18)4-5-20-9/h4-5H,6H2,1-3H3,(H,15,16)(H,17,18)(H2,13,14,19). The lowest BCUT2D eigenvalue weighted by atomic mass is 10.1. The molecule has 0 aliphatic rings. The number of carbonyl (C=O) groups excluding carboxylic acids is 2. The molecule has 0 atom stereocenters. The van der Waals surface area contributed by atoms with E-state index in [-0.39, 0.29) is 28.6 Å². The van der Waals surface area contributed by atoms with Crippen LogP contribution in [0.4, 0.5) is 9.80 Å². The Morgan fingerprint density at radius 3 is 2.50 bits per heavy atom. The summed E-state index contributed by atoms with van der Waals surface area (Å²) < 4.78 is 0. The van der Waals surface area contributed by atoms with Crippen molar-refractivity contribution in [3.63, 3.8) is 0 Å². The number of amides is 3. The van der Waals surface area contributed by atoms with E-state index in [9.17, 15) is 14.4 Å². The molecule has 110 valence electrons. The van der Waals surface area contributed by atoms with Crippen LogP contribution < -0.4 is 16.0 Å². The van der Waals surface area contributed by atoms with Crippen molar-refractivity contribution in [1.82, 2.24) is 10.6 Å². The predicted octanol–water partition coefficient (Wildman–Crippen LogP) is 1.48. The van der Waals surface area contributed by atoms with E-state index in [2.05, 4.69) is 16.0 Å². The highest BCUT2D eigenvalue weighted by atomic mass is 32.1. The molecule has 0 spiro atoms. The van der Waals surface area contributed by atoms with Gasteiger partial charge in [0, 0.05) is 5.54 Å². The van der Waals surface area contributed by atoms with Gasteiger partial charge in [0.1, 0.15) is 5.00 Å². The number of anilines is 1. The van der Waals surface area contributed by atoms with E-state index in [1.54, 1.807) is 5.38 Å². The van der Waals surface area contributed by atoms with Gasteiger partial charge in [0.25, 0.3) is 0 Å². The van der Waals surface area contributed by atoms with Crippen LogP contribution in [0.25, 0.3) is 0 Å². The van der Waals surface area contributed by atoms with Crippen molar-refractivity contribution in [3.8, 4) is 0 Å². The van der Waals surface area contributed by atoms with Gasteiger partial charge in [-0.25, -0.2) is 9.59 Å². The van der Waals surface area contributed by atoms with Crippen molar-refractivity contribution < 1.29 is 19.5 Å². The highest BCUT2D eigenvalue weighted by Crippen LogP contribution is 2.22. The molecular formula is C12H17N3O4S. The first-order valence-electron chi connectivity index (χ1n) is 5.85. The molecule has 1 aromatic rings. The summed E-state index contributed by atoms with van der Waals surface area (Å²) in [6, 6.07) is 0.772. The maximum atomic E-state index is 11.6. The summed E-state index contributed by atoms with van der Waals surface area (Å²) in [5.74, 6) is -1.44. The molecule has 0 aromatic carbocycles. The van der Waals surface area contributed by atoms with Crippen LogP contribution in [0.5, 0.6) is 0 Å². The van der Waals surface area contributed by atoms with E-state index in [1.165, 1.54) is 6.07 Å². The molecule has 0 radical (unpaired) electrons. The number of nitrogens with one attached hydrogen (secondary N) is 3. The van der Waals surface area contributed by atoms with Gasteiger partial charge >= 0.3 is 12.0 Å². The minimum atomic E-state index is -1.12. The smallest absolute Gasteiger partial charge is 0.338 e. The SMILES string of the molecule is CC(C)(C)NC(=O)CNC(=O)Nc1sccc1C(=O)O. The second-order valence-corrected chi connectivity index (χ2v) is 5.99. The third-order valence-corrected chi connectivity index (χ3v) is 2.88. The summed E-state index contributed by atoms with van der Waals surface area (Å²) in [5.41, 5.74) is -0.358. The second kappa shape index (κ2) is 6.38. The molecular weight excluding hydrogens is 282 g/mol. The molecule has 0 saturated carbocycles. The van der Waals surface area contributed by atoms with Crippen LogP contribution in [-0.4, -0.2) is 35.1 Å². The molecule has 0 unspecified atom stereocenters. The van der Waals surface area contributed by atoms with Crippen molar-refractivity contribution >= 4 is 34.2 Å². The van der Waals surface area contributed by atoms with Crippen molar-refractivity contribution in [2.75, 3.05) is 11.9 Å². The Hall–Kier alpha value is -2.09. The molecule has 0 fully saturated rings. The van der Waals surface area contributed by atoms with Crippen molar-refractivity contribution in [1.29, 1.82) is 0 Å². The molecule has 1 aromatic heterocycles. The normalized spacial score (nSPS) is 10.8. The summed E-state index contributed by atoms with van der Waals surface area (Å²) in [5, 5.41) is 18.1. The first-order chi connectivity index (χ1) is 9.19. The molecule has 4 N–H and O–H groups in total. The van der Waals surface area contributed by atoms with Crippen LogP contribution in [0.15, 0.2) is 11.4 Å². The topological polar surface area (TPSA) is 108 Å². The van der Waals surface area contributed by atoms with Crippen molar-refractivity contribution in [2.24, 2.45) is 0 Å². The largest absolute Gasteiger partial charge is 0.478 e. The molecule has 1 heterocycles. The van der Waals surface area contributed by atoms with Gasteiger partial charge in [-0.2, -0.15) is 0 Å². The molecule has 7 nitrogen and oxygen atoms in total. The third kappa shape index (κ3) is 5.27. The number of urea groups is 1. The number of carbonyl (C=O) groups is 3. The average Bonchev–Trinajstić information content (AvgIpc) is 2.72. The van der Waals surface area contributed by atoms with E-state index < -0.39 is 12.0 Å². The number of carboxylic acids is 1. The zero-order valence-corrected chi connectivity index (χ0v) is 12.3. The van der Waals surface area contributed by atoms with Crippen LogP contribution in [0.2, 0.25) is 0 Å². The molecule has 0 aliphatic heterocycles. The number of thiophene rings is 1. The van der Waals surface area contributed by atoms with Gasteiger partial charge in [-0.1, -0.05) is 0 Å². The van der Waals surface area contributed by atoms with E-state index in [0.29, 0.717) is 0 Å². The number of aromatic carboxylic acids is 1. The van der Waals surface area contributed by atoms with Gasteiger partial charge in [0.15, 0.2) is 0 Å². The minimum absolute atomic E-state index is 0.0179. The maximum absolute atomic E-state index is 11.6. The van der Waals surface area contributed by atoms with Crippen LogP contribution in [0.3, 0.4) is 0 Å². The van der Waals surface area contributed by atoms with Crippen LogP contribution in [0, 0.1) is 0 Å². The lowest BCUT2D eigenvalue weighted by Gasteiger charge is -2.20. The first-order valence-corrected chi connectivity index (χ1v) is 6.73. The zero-order valence-electron chi connectivity index (χ0n) is 11.4. The Kier molecular flexibility index (Phi) is 5.09. The molecule has 0 bridgehead atoms. The molecule has 1 rings (SSSR count). The van der Waals surface area contributed by atoms with Crippen LogP contribution in [0.1, 0.15) is 31.1 Å². The maximum Gasteiger partial charge on any atom is 0.338 e. The highest BCUT2D eigenvalue weighted by molar-refractivity contribution is 7.14. The monoisotopic (exact) mass is 299 g/mol. The molecule has 0 aliphatic carbocycles. The van der Waals surface area contributed by atoms with Gasteiger partial charge in [-0.05, 0) is 32.2 Å². The van der Waals surface area contributed by atoms with Crippen LogP contribution >= 0.6 is 11.3 Å². The Balaban J connectivity index is 2.46. The minimum Gasteiger partial charge on any atom is -0.478 e. The third-order valence-electron chi connectivity index (χ3n) is 2.05. The number of carboxylic acid groups (broad SMARTS) is 1. The quantitative estimate of drug-likeness (QED) is 0.675. The van der Waals surface area contributed by atoms with Crippen molar-refractivity contribution in [3.05, 3.63) is 17.0 Å². The molecule has 8 heteroatoms. The van der Waals surface area contributed by atoms with Crippen LogP contribution in [-0.2, 0) is 4.79 Å².